The summed E-state index contributed by atoms with van der Waals surface area (Å²) in [5.74, 6) is -0.807. The fourth-order valence-electron chi connectivity index (χ4n) is 1.83. The molecule has 0 aliphatic carbocycles. The predicted molar refractivity (Wildman–Crippen MR) is 77.4 cm³/mol. The van der Waals surface area contributed by atoms with Crippen molar-refractivity contribution in [2.75, 3.05) is 12.3 Å². The molecular weight excluding hydrogens is 295 g/mol. The fraction of sp³-hybridized carbons (Fsp3) is 0.143. The molecule has 0 radical (unpaired) electrons. The monoisotopic (exact) mass is 310 g/mol. The zero-order chi connectivity index (χ0) is 15.5. The van der Waals surface area contributed by atoms with Crippen LogP contribution in [-0.4, -0.2) is 20.1 Å². The van der Waals surface area contributed by atoms with Crippen molar-refractivity contribution in [2.24, 2.45) is 0 Å². The summed E-state index contributed by atoms with van der Waals surface area (Å²) >= 11 is 0. The maximum atomic E-state index is 13.4. The van der Waals surface area contributed by atoms with E-state index in [9.17, 15) is 17.9 Å². The molecule has 2 rings (SSSR count). The van der Waals surface area contributed by atoms with Gasteiger partial charge in [-0.2, -0.15) is 0 Å². The molecule has 0 saturated carbocycles. The van der Waals surface area contributed by atoms with E-state index in [2.05, 4.69) is 4.72 Å². The van der Waals surface area contributed by atoms with Gasteiger partial charge < -0.3 is 10.8 Å². The highest BCUT2D eigenvalue weighted by Crippen LogP contribution is 2.19. The molecule has 21 heavy (non-hydrogen) atoms. The van der Waals surface area contributed by atoms with E-state index in [1.807, 2.05) is 0 Å². The van der Waals surface area contributed by atoms with Crippen molar-refractivity contribution in [3.05, 3.63) is 59.9 Å². The molecule has 0 saturated heterocycles. The van der Waals surface area contributed by atoms with Gasteiger partial charge in [0.15, 0.2) is 0 Å². The molecule has 0 aliphatic heterocycles. The zero-order valence-corrected chi connectivity index (χ0v) is 11.8. The average Bonchev–Trinajstić information content (AvgIpc) is 2.48. The minimum atomic E-state index is -3.96. The largest absolute Gasteiger partial charge is 0.396 e. The van der Waals surface area contributed by atoms with Crippen LogP contribution in [0.2, 0.25) is 0 Å². The summed E-state index contributed by atoms with van der Waals surface area (Å²) in [5.41, 5.74) is 5.80. The van der Waals surface area contributed by atoms with Crippen LogP contribution in [0.15, 0.2) is 53.4 Å². The third kappa shape index (κ3) is 3.57. The molecule has 2 aromatic carbocycles. The van der Waals surface area contributed by atoms with Crippen LogP contribution in [0.4, 0.5) is 10.1 Å². The Bertz CT molecular complexity index is 720. The summed E-state index contributed by atoms with van der Waals surface area (Å²) in [5, 5.41) is 9.37. The van der Waals surface area contributed by atoms with Crippen molar-refractivity contribution in [1.82, 2.24) is 4.72 Å². The summed E-state index contributed by atoms with van der Waals surface area (Å²) in [6.07, 6.45) is 0. The van der Waals surface area contributed by atoms with Crippen LogP contribution in [-0.2, 0) is 10.0 Å². The van der Waals surface area contributed by atoms with Crippen molar-refractivity contribution in [3.63, 3.8) is 0 Å². The first kappa shape index (κ1) is 15.4. The van der Waals surface area contributed by atoms with E-state index in [0.29, 0.717) is 5.56 Å². The Morgan fingerprint density at radius 2 is 1.86 bits per heavy atom. The number of hydrogen-bond acceptors (Lipinski definition) is 4. The minimum Gasteiger partial charge on any atom is -0.396 e. The maximum absolute atomic E-state index is 13.4. The van der Waals surface area contributed by atoms with Crippen LogP contribution < -0.4 is 10.5 Å². The standard InChI is InChI=1S/C14H15FN2O3S/c15-12-8-11(6-7-13(12)16)21(19,20)17-14(9-18)10-4-2-1-3-5-10/h1-8,14,17-18H,9,16H2/t14-/m1/s1. The molecular formula is C14H15FN2O3S. The number of nitrogen functional groups attached to an aromatic ring is 1. The lowest BCUT2D eigenvalue weighted by Gasteiger charge is -2.17. The molecule has 0 heterocycles. The Balaban J connectivity index is 2.29. The smallest absolute Gasteiger partial charge is 0.241 e. The Hall–Kier alpha value is -1.96. The highest BCUT2D eigenvalue weighted by Gasteiger charge is 2.21. The van der Waals surface area contributed by atoms with Gasteiger partial charge in [-0.1, -0.05) is 30.3 Å². The fourth-order valence-corrected chi connectivity index (χ4v) is 3.05. The van der Waals surface area contributed by atoms with Crippen molar-refractivity contribution >= 4 is 15.7 Å². The van der Waals surface area contributed by atoms with Crippen LogP contribution in [0.3, 0.4) is 0 Å². The van der Waals surface area contributed by atoms with Crippen molar-refractivity contribution in [3.8, 4) is 0 Å². The third-order valence-corrected chi connectivity index (χ3v) is 4.43. The van der Waals surface area contributed by atoms with Gasteiger partial charge in [-0.3, -0.25) is 0 Å². The van der Waals surface area contributed by atoms with Crippen molar-refractivity contribution in [1.29, 1.82) is 0 Å². The quantitative estimate of drug-likeness (QED) is 0.728. The molecule has 112 valence electrons. The number of rotatable bonds is 5. The van der Waals surface area contributed by atoms with E-state index >= 15 is 0 Å². The number of hydrogen-bond donors (Lipinski definition) is 3. The first-order chi connectivity index (χ1) is 9.94. The SMILES string of the molecule is Nc1ccc(S(=O)(=O)N[C@H](CO)c2ccccc2)cc1F. The van der Waals surface area contributed by atoms with E-state index in [1.165, 1.54) is 12.1 Å². The molecule has 7 heteroatoms. The second kappa shape index (κ2) is 6.21. The summed E-state index contributed by atoms with van der Waals surface area (Å²) in [7, 11) is -3.96. The lowest BCUT2D eigenvalue weighted by molar-refractivity contribution is 0.259. The van der Waals surface area contributed by atoms with E-state index in [0.717, 1.165) is 6.07 Å². The van der Waals surface area contributed by atoms with Gasteiger partial charge in [-0.15, -0.1) is 0 Å². The maximum Gasteiger partial charge on any atom is 0.241 e. The lowest BCUT2D eigenvalue weighted by Crippen LogP contribution is -2.31. The topological polar surface area (TPSA) is 92.4 Å². The first-order valence-electron chi connectivity index (χ1n) is 6.17. The number of halogens is 1. The summed E-state index contributed by atoms with van der Waals surface area (Å²) in [6, 6.07) is 11.0. The second-order valence-electron chi connectivity index (χ2n) is 4.45. The van der Waals surface area contributed by atoms with Crippen LogP contribution in [0.25, 0.3) is 0 Å². The number of sulfonamides is 1. The van der Waals surface area contributed by atoms with Crippen LogP contribution in [0.1, 0.15) is 11.6 Å². The molecule has 4 N–H and O–H groups in total. The third-order valence-electron chi connectivity index (χ3n) is 2.96. The van der Waals surface area contributed by atoms with Gasteiger partial charge in [0.1, 0.15) is 5.82 Å². The Morgan fingerprint density at radius 3 is 2.43 bits per heavy atom. The number of nitrogens with two attached hydrogens (primary N) is 1. The number of anilines is 1. The predicted octanol–water partition coefficient (Wildman–Crippen LogP) is 1.42. The van der Waals surface area contributed by atoms with Crippen LogP contribution in [0, 0.1) is 5.82 Å². The van der Waals surface area contributed by atoms with Crippen LogP contribution in [0.5, 0.6) is 0 Å². The number of aliphatic hydroxyl groups excluding tert-OH is 1. The normalized spacial score (nSPS) is 13.0. The summed E-state index contributed by atoms with van der Waals surface area (Å²) < 4.78 is 40.1. The van der Waals surface area contributed by atoms with E-state index < -0.39 is 28.5 Å². The molecule has 0 spiro atoms. The number of aliphatic hydroxyl groups is 1. The molecule has 0 amide bonds. The van der Waals surface area contributed by atoms with Gasteiger partial charge in [0.05, 0.1) is 23.2 Å². The van der Waals surface area contributed by atoms with Gasteiger partial charge >= 0.3 is 0 Å². The highest BCUT2D eigenvalue weighted by atomic mass is 32.2. The van der Waals surface area contributed by atoms with E-state index in [4.69, 9.17) is 5.73 Å². The second-order valence-corrected chi connectivity index (χ2v) is 6.16. The molecule has 0 aliphatic rings. The van der Waals surface area contributed by atoms with Crippen molar-refractivity contribution in [2.45, 2.75) is 10.9 Å². The molecule has 0 fully saturated rings. The highest BCUT2D eigenvalue weighted by molar-refractivity contribution is 7.89. The van der Waals surface area contributed by atoms with E-state index in [-0.39, 0.29) is 10.6 Å². The van der Waals surface area contributed by atoms with Gasteiger partial charge in [0.2, 0.25) is 10.0 Å². The summed E-state index contributed by atoms with van der Waals surface area (Å²) in [4.78, 5) is -0.247. The van der Waals surface area contributed by atoms with Crippen molar-refractivity contribution < 1.29 is 17.9 Å². The Kier molecular flexibility index (Phi) is 4.56. The summed E-state index contributed by atoms with van der Waals surface area (Å²) in [6.45, 7) is -0.416. The molecule has 0 unspecified atom stereocenters. The number of nitrogens with one attached hydrogen (secondary N) is 1. The Labute approximate surface area is 122 Å². The number of benzene rings is 2. The Morgan fingerprint density at radius 1 is 1.19 bits per heavy atom. The van der Waals surface area contributed by atoms with Gasteiger partial charge in [0, 0.05) is 0 Å². The lowest BCUT2D eigenvalue weighted by atomic mass is 10.1. The first-order valence-corrected chi connectivity index (χ1v) is 7.65. The molecule has 2 aromatic rings. The molecule has 0 aromatic heterocycles. The van der Waals surface area contributed by atoms with Gasteiger partial charge in [0.25, 0.3) is 0 Å². The van der Waals surface area contributed by atoms with Gasteiger partial charge in [-0.25, -0.2) is 17.5 Å². The van der Waals surface area contributed by atoms with Gasteiger partial charge in [-0.05, 0) is 23.8 Å². The average molecular weight is 310 g/mol. The van der Waals surface area contributed by atoms with E-state index in [1.54, 1.807) is 30.3 Å². The van der Waals surface area contributed by atoms with Crippen LogP contribution >= 0.6 is 0 Å². The zero-order valence-electron chi connectivity index (χ0n) is 11.0. The molecule has 1 atom stereocenters. The molecule has 0 bridgehead atoms. The molecule has 5 nitrogen and oxygen atoms in total. The minimum absolute atomic E-state index is 0.129.